The Hall–Kier alpha value is -0.300. The van der Waals surface area contributed by atoms with E-state index in [1.54, 1.807) is 0 Å². The molecule has 0 saturated heterocycles. The molecule has 1 nitrogen and oxygen atoms in total. The lowest BCUT2D eigenvalue weighted by Crippen LogP contribution is -2.18. The van der Waals surface area contributed by atoms with Gasteiger partial charge in [0.15, 0.2) is 0 Å². The molecule has 0 aromatic carbocycles. The van der Waals surface area contributed by atoms with Crippen molar-refractivity contribution in [3.63, 3.8) is 0 Å². The number of nitrogens with one attached hydrogen (secondary N) is 1. The van der Waals surface area contributed by atoms with Crippen LogP contribution in [0.1, 0.15) is 46.0 Å². The average Bonchev–Trinajstić information content (AvgIpc) is 2.92. The lowest BCUT2D eigenvalue weighted by Gasteiger charge is -2.00. The zero-order valence-corrected chi connectivity index (χ0v) is 9.76. The van der Waals surface area contributed by atoms with E-state index in [0.29, 0.717) is 0 Å². The standard InChI is InChI=1S/C13H25N/c1-3-5-6-7-8-12-10-13(12)11-14-9-4-2/h5-6,12-14H,3-4,7-11H2,1-2H3/b6-5-. The van der Waals surface area contributed by atoms with Gasteiger partial charge in [-0.05, 0) is 57.0 Å². The highest BCUT2D eigenvalue weighted by Gasteiger charge is 2.35. The molecule has 0 aromatic heterocycles. The Morgan fingerprint density at radius 1 is 1.21 bits per heavy atom. The van der Waals surface area contributed by atoms with E-state index in [-0.39, 0.29) is 0 Å². The second kappa shape index (κ2) is 7.05. The van der Waals surface area contributed by atoms with Gasteiger partial charge in [0.05, 0.1) is 0 Å². The van der Waals surface area contributed by atoms with Crippen molar-refractivity contribution in [2.24, 2.45) is 11.8 Å². The molecule has 0 aromatic rings. The van der Waals surface area contributed by atoms with Crippen LogP contribution in [-0.4, -0.2) is 13.1 Å². The Morgan fingerprint density at radius 3 is 2.79 bits per heavy atom. The highest BCUT2D eigenvalue weighted by molar-refractivity contribution is 4.90. The maximum atomic E-state index is 3.51. The molecule has 2 unspecified atom stereocenters. The molecule has 1 N–H and O–H groups in total. The summed E-state index contributed by atoms with van der Waals surface area (Å²) in [6, 6.07) is 0. The number of allylic oxidation sites excluding steroid dienone is 2. The molecule has 1 aliphatic rings. The quantitative estimate of drug-likeness (QED) is 0.462. The van der Waals surface area contributed by atoms with E-state index in [0.717, 1.165) is 11.8 Å². The normalized spacial score (nSPS) is 25.9. The minimum atomic E-state index is 0.997. The van der Waals surface area contributed by atoms with Crippen LogP contribution in [0.15, 0.2) is 12.2 Å². The molecule has 0 heterocycles. The Bertz CT molecular complexity index is 163. The predicted octanol–water partition coefficient (Wildman–Crippen LogP) is 3.37. The van der Waals surface area contributed by atoms with E-state index in [9.17, 15) is 0 Å². The van der Waals surface area contributed by atoms with Gasteiger partial charge < -0.3 is 5.32 Å². The van der Waals surface area contributed by atoms with Gasteiger partial charge in [0, 0.05) is 0 Å². The summed E-state index contributed by atoms with van der Waals surface area (Å²) in [6.07, 6.45) is 11.2. The lowest BCUT2D eigenvalue weighted by molar-refractivity contribution is 0.577. The summed E-state index contributed by atoms with van der Waals surface area (Å²) >= 11 is 0. The first-order valence-electron chi connectivity index (χ1n) is 6.24. The maximum Gasteiger partial charge on any atom is -0.00178 e. The van der Waals surface area contributed by atoms with Gasteiger partial charge in [0.25, 0.3) is 0 Å². The molecule has 1 saturated carbocycles. The van der Waals surface area contributed by atoms with Crippen LogP contribution >= 0.6 is 0 Å². The van der Waals surface area contributed by atoms with Crippen LogP contribution in [0.5, 0.6) is 0 Å². The van der Waals surface area contributed by atoms with Crippen molar-refractivity contribution in [1.29, 1.82) is 0 Å². The van der Waals surface area contributed by atoms with E-state index in [4.69, 9.17) is 0 Å². The van der Waals surface area contributed by atoms with Crippen molar-refractivity contribution in [1.82, 2.24) is 5.32 Å². The average molecular weight is 195 g/mol. The summed E-state index contributed by atoms with van der Waals surface area (Å²) in [7, 11) is 0. The summed E-state index contributed by atoms with van der Waals surface area (Å²) in [6.45, 7) is 6.88. The minimum absolute atomic E-state index is 0.997. The van der Waals surface area contributed by atoms with Crippen molar-refractivity contribution >= 4 is 0 Å². The summed E-state index contributed by atoms with van der Waals surface area (Å²) in [5.41, 5.74) is 0. The van der Waals surface area contributed by atoms with Crippen LogP contribution in [0, 0.1) is 11.8 Å². The van der Waals surface area contributed by atoms with Crippen LogP contribution in [0.3, 0.4) is 0 Å². The van der Waals surface area contributed by atoms with Crippen molar-refractivity contribution in [2.45, 2.75) is 46.0 Å². The SMILES string of the molecule is CC/C=C\CCC1CC1CNCCC. The molecule has 0 spiro atoms. The Kier molecular flexibility index (Phi) is 5.93. The molecule has 0 aliphatic heterocycles. The predicted molar refractivity (Wildman–Crippen MR) is 63.4 cm³/mol. The molecular formula is C13H25N. The van der Waals surface area contributed by atoms with Crippen LogP contribution in [0.25, 0.3) is 0 Å². The third kappa shape index (κ3) is 4.80. The molecule has 1 aliphatic carbocycles. The first-order valence-corrected chi connectivity index (χ1v) is 6.24. The van der Waals surface area contributed by atoms with Crippen LogP contribution in [0.4, 0.5) is 0 Å². The fourth-order valence-corrected chi connectivity index (χ4v) is 1.97. The van der Waals surface area contributed by atoms with Crippen molar-refractivity contribution < 1.29 is 0 Å². The van der Waals surface area contributed by atoms with Gasteiger partial charge in [-0.25, -0.2) is 0 Å². The molecule has 1 fully saturated rings. The lowest BCUT2D eigenvalue weighted by atomic mass is 10.1. The highest BCUT2D eigenvalue weighted by Crippen LogP contribution is 2.41. The van der Waals surface area contributed by atoms with Crippen LogP contribution < -0.4 is 5.32 Å². The summed E-state index contributed by atoms with van der Waals surface area (Å²) in [5.74, 6) is 2.03. The molecule has 82 valence electrons. The molecule has 0 radical (unpaired) electrons. The van der Waals surface area contributed by atoms with Gasteiger partial charge in [-0.3, -0.25) is 0 Å². The molecule has 0 bridgehead atoms. The largest absolute Gasteiger partial charge is 0.316 e. The Labute approximate surface area is 89.0 Å². The molecular weight excluding hydrogens is 170 g/mol. The van der Waals surface area contributed by atoms with E-state index < -0.39 is 0 Å². The summed E-state index contributed by atoms with van der Waals surface area (Å²) < 4.78 is 0. The van der Waals surface area contributed by atoms with E-state index in [1.165, 1.54) is 45.2 Å². The van der Waals surface area contributed by atoms with Crippen LogP contribution in [-0.2, 0) is 0 Å². The molecule has 14 heavy (non-hydrogen) atoms. The van der Waals surface area contributed by atoms with Crippen molar-refractivity contribution in [3.8, 4) is 0 Å². The van der Waals surface area contributed by atoms with Gasteiger partial charge in [-0.1, -0.05) is 26.0 Å². The first kappa shape index (κ1) is 11.8. The fourth-order valence-electron chi connectivity index (χ4n) is 1.97. The number of rotatable bonds is 8. The second-order valence-corrected chi connectivity index (χ2v) is 4.42. The first-order chi connectivity index (χ1) is 6.88. The van der Waals surface area contributed by atoms with Gasteiger partial charge in [-0.15, -0.1) is 0 Å². The molecule has 1 rings (SSSR count). The Morgan fingerprint density at radius 2 is 2.07 bits per heavy atom. The van der Waals surface area contributed by atoms with Gasteiger partial charge in [0.1, 0.15) is 0 Å². The molecule has 1 heteroatoms. The fraction of sp³-hybridized carbons (Fsp3) is 0.846. The Balaban J connectivity index is 1.89. The third-order valence-electron chi connectivity index (χ3n) is 3.01. The van der Waals surface area contributed by atoms with Crippen molar-refractivity contribution in [2.75, 3.05) is 13.1 Å². The topological polar surface area (TPSA) is 12.0 Å². The van der Waals surface area contributed by atoms with E-state index >= 15 is 0 Å². The van der Waals surface area contributed by atoms with E-state index in [1.807, 2.05) is 0 Å². The number of hydrogen-bond acceptors (Lipinski definition) is 1. The summed E-state index contributed by atoms with van der Waals surface area (Å²) in [4.78, 5) is 0. The maximum absolute atomic E-state index is 3.51. The zero-order valence-electron chi connectivity index (χ0n) is 9.76. The summed E-state index contributed by atoms with van der Waals surface area (Å²) in [5, 5.41) is 3.51. The van der Waals surface area contributed by atoms with Crippen LogP contribution in [0.2, 0.25) is 0 Å². The zero-order chi connectivity index (χ0) is 10.2. The second-order valence-electron chi connectivity index (χ2n) is 4.42. The third-order valence-corrected chi connectivity index (χ3v) is 3.01. The monoisotopic (exact) mass is 195 g/mol. The van der Waals surface area contributed by atoms with E-state index in [2.05, 4.69) is 31.3 Å². The molecule has 2 atom stereocenters. The minimum Gasteiger partial charge on any atom is -0.316 e. The smallest absolute Gasteiger partial charge is 0.00178 e. The number of hydrogen-bond donors (Lipinski definition) is 1. The highest BCUT2D eigenvalue weighted by atomic mass is 14.9. The van der Waals surface area contributed by atoms with Gasteiger partial charge in [0.2, 0.25) is 0 Å². The van der Waals surface area contributed by atoms with Gasteiger partial charge >= 0.3 is 0 Å². The molecule has 0 amide bonds. The van der Waals surface area contributed by atoms with Gasteiger partial charge in [-0.2, -0.15) is 0 Å². The van der Waals surface area contributed by atoms with Crippen molar-refractivity contribution in [3.05, 3.63) is 12.2 Å².